The third-order valence-electron chi connectivity index (χ3n) is 2.09. The zero-order valence-corrected chi connectivity index (χ0v) is 8.74. The van der Waals surface area contributed by atoms with E-state index in [-0.39, 0.29) is 0 Å². The molecular weight excluding hydrogens is 180 g/mol. The number of benzene rings is 1. The van der Waals surface area contributed by atoms with Crippen LogP contribution in [0.5, 0.6) is 0 Å². The minimum Gasteiger partial charge on any atom is -0.399 e. The van der Waals surface area contributed by atoms with Gasteiger partial charge in [0.25, 0.3) is 0 Å². The Balaban J connectivity index is 3.08. The predicted octanol–water partition coefficient (Wildman–Crippen LogP) is 1.71. The highest BCUT2D eigenvalue weighted by Gasteiger charge is 2.02. The van der Waals surface area contributed by atoms with Crippen LogP contribution in [0.1, 0.15) is 16.7 Å². The fourth-order valence-corrected chi connectivity index (χ4v) is 1.43. The molecule has 0 unspecified atom stereocenters. The molecule has 2 nitrogen and oxygen atoms in total. The van der Waals surface area contributed by atoms with E-state index in [0.29, 0.717) is 11.4 Å². The van der Waals surface area contributed by atoms with Gasteiger partial charge < -0.3 is 11.5 Å². The first-order valence-corrected chi connectivity index (χ1v) is 4.55. The van der Waals surface area contributed by atoms with Gasteiger partial charge in [-0.25, -0.2) is 0 Å². The molecule has 4 N–H and O–H groups in total. The summed E-state index contributed by atoms with van der Waals surface area (Å²) in [5.41, 5.74) is 15.5. The average Bonchev–Trinajstić information content (AvgIpc) is 1.99. The molecule has 0 aliphatic heterocycles. The molecule has 0 bridgehead atoms. The molecule has 0 atom stereocenters. The molecule has 0 saturated heterocycles. The zero-order chi connectivity index (χ0) is 10.0. The van der Waals surface area contributed by atoms with Gasteiger partial charge >= 0.3 is 0 Å². The number of nitrogen functional groups attached to an aromatic ring is 1. The lowest BCUT2D eigenvalue weighted by Crippen LogP contribution is -2.12. The summed E-state index contributed by atoms with van der Waals surface area (Å²) in [5.74, 6) is 0. The molecule has 0 fully saturated rings. The molecule has 0 radical (unpaired) electrons. The summed E-state index contributed by atoms with van der Waals surface area (Å²) in [7, 11) is 0. The molecule has 1 aromatic rings. The van der Waals surface area contributed by atoms with E-state index in [1.54, 1.807) is 0 Å². The van der Waals surface area contributed by atoms with Gasteiger partial charge in [-0.3, -0.25) is 0 Å². The van der Waals surface area contributed by atoms with Crippen molar-refractivity contribution in [3.05, 3.63) is 28.8 Å². The molecule has 0 amide bonds. The highest BCUT2D eigenvalue weighted by atomic mass is 32.1. The van der Waals surface area contributed by atoms with E-state index in [2.05, 4.69) is 0 Å². The van der Waals surface area contributed by atoms with Crippen molar-refractivity contribution in [2.45, 2.75) is 20.3 Å². The SMILES string of the molecule is Cc1cc(CC(N)=S)c(C)cc1N. The number of anilines is 1. The van der Waals surface area contributed by atoms with Gasteiger partial charge in [0.05, 0.1) is 4.99 Å². The summed E-state index contributed by atoms with van der Waals surface area (Å²) in [6.45, 7) is 4.00. The number of nitrogens with two attached hydrogens (primary N) is 2. The average molecular weight is 194 g/mol. The Morgan fingerprint density at radius 2 is 1.92 bits per heavy atom. The fourth-order valence-electron chi connectivity index (χ4n) is 1.28. The van der Waals surface area contributed by atoms with Crippen molar-refractivity contribution in [1.82, 2.24) is 0 Å². The van der Waals surface area contributed by atoms with E-state index in [4.69, 9.17) is 23.7 Å². The first-order valence-electron chi connectivity index (χ1n) is 4.14. The van der Waals surface area contributed by atoms with Crippen molar-refractivity contribution in [1.29, 1.82) is 0 Å². The molecule has 0 spiro atoms. The number of hydrogen-bond acceptors (Lipinski definition) is 2. The van der Waals surface area contributed by atoms with Crippen LogP contribution in [0, 0.1) is 13.8 Å². The summed E-state index contributed by atoms with van der Waals surface area (Å²) in [4.78, 5) is 0.521. The van der Waals surface area contributed by atoms with Crippen molar-refractivity contribution in [3.63, 3.8) is 0 Å². The normalized spacial score (nSPS) is 10.0. The summed E-state index contributed by atoms with van der Waals surface area (Å²) in [5, 5.41) is 0. The van der Waals surface area contributed by atoms with Gasteiger partial charge in [-0.15, -0.1) is 0 Å². The van der Waals surface area contributed by atoms with Crippen LogP contribution in [0.2, 0.25) is 0 Å². The van der Waals surface area contributed by atoms with Crippen molar-refractivity contribution in [2.24, 2.45) is 5.73 Å². The van der Waals surface area contributed by atoms with Crippen molar-refractivity contribution >= 4 is 22.9 Å². The number of thiocarbonyl (C=S) groups is 1. The first kappa shape index (κ1) is 9.99. The van der Waals surface area contributed by atoms with Crippen LogP contribution in [0.15, 0.2) is 12.1 Å². The lowest BCUT2D eigenvalue weighted by molar-refractivity contribution is 1.24. The maximum Gasteiger partial charge on any atom is 0.0771 e. The first-order chi connectivity index (χ1) is 6.00. The second-order valence-electron chi connectivity index (χ2n) is 3.28. The van der Waals surface area contributed by atoms with E-state index < -0.39 is 0 Å². The van der Waals surface area contributed by atoms with Gasteiger partial charge in [0.2, 0.25) is 0 Å². The van der Waals surface area contributed by atoms with Gasteiger partial charge in [0.1, 0.15) is 0 Å². The van der Waals surface area contributed by atoms with Crippen LogP contribution in [0.3, 0.4) is 0 Å². The summed E-state index contributed by atoms with van der Waals surface area (Å²) >= 11 is 4.86. The Morgan fingerprint density at radius 3 is 2.46 bits per heavy atom. The Labute approximate surface area is 83.9 Å². The second-order valence-corrected chi connectivity index (χ2v) is 3.80. The van der Waals surface area contributed by atoms with Gasteiger partial charge in [-0.05, 0) is 36.6 Å². The lowest BCUT2D eigenvalue weighted by atomic mass is 10.0. The summed E-state index contributed by atoms with van der Waals surface area (Å²) in [6.07, 6.45) is 0.655. The number of aryl methyl sites for hydroxylation is 2. The van der Waals surface area contributed by atoms with Crippen LogP contribution in [-0.2, 0) is 6.42 Å². The highest BCUT2D eigenvalue weighted by molar-refractivity contribution is 7.80. The Bertz CT molecular complexity index is 345. The summed E-state index contributed by atoms with van der Waals surface area (Å²) < 4.78 is 0. The minimum atomic E-state index is 0.521. The van der Waals surface area contributed by atoms with E-state index in [9.17, 15) is 0 Å². The molecular formula is C10H14N2S. The molecule has 0 heterocycles. The Hall–Kier alpha value is -1.09. The predicted molar refractivity (Wildman–Crippen MR) is 60.8 cm³/mol. The largest absolute Gasteiger partial charge is 0.399 e. The third-order valence-corrected chi connectivity index (χ3v) is 2.23. The lowest BCUT2D eigenvalue weighted by Gasteiger charge is -2.08. The number of hydrogen-bond donors (Lipinski definition) is 2. The van der Waals surface area contributed by atoms with Crippen LogP contribution >= 0.6 is 12.2 Å². The van der Waals surface area contributed by atoms with E-state index in [1.165, 1.54) is 5.56 Å². The van der Waals surface area contributed by atoms with Crippen LogP contribution in [0.4, 0.5) is 5.69 Å². The second kappa shape index (κ2) is 3.75. The Morgan fingerprint density at radius 1 is 1.31 bits per heavy atom. The van der Waals surface area contributed by atoms with Gasteiger partial charge in [0, 0.05) is 12.1 Å². The maximum atomic E-state index is 5.76. The van der Waals surface area contributed by atoms with Crippen LogP contribution in [0.25, 0.3) is 0 Å². The molecule has 0 saturated carbocycles. The van der Waals surface area contributed by atoms with Gasteiger partial charge in [0.15, 0.2) is 0 Å². The van der Waals surface area contributed by atoms with Crippen molar-refractivity contribution < 1.29 is 0 Å². The van der Waals surface area contributed by atoms with E-state index in [0.717, 1.165) is 16.8 Å². The standard InChI is InChI=1S/C10H14N2S/c1-6-4-9(11)7(2)3-8(6)5-10(12)13/h3-4H,5,11H2,1-2H3,(H2,12,13). The summed E-state index contributed by atoms with van der Waals surface area (Å²) in [6, 6.07) is 4.01. The maximum absolute atomic E-state index is 5.76. The molecule has 1 aromatic carbocycles. The minimum absolute atomic E-state index is 0.521. The number of rotatable bonds is 2. The zero-order valence-electron chi connectivity index (χ0n) is 7.92. The smallest absolute Gasteiger partial charge is 0.0771 e. The monoisotopic (exact) mass is 194 g/mol. The van der Waals surface area contributed by atoms with Crippen LogP contribution < -0.4 is 11.5 Å². The van der Waals surface area contributed by atoms with Crippen molar-refractivity contribution in [3.8, 4) is 0 Å². The molecule has 0 aliphatic carbocycles. The van der Waals surface area contributed by atoms with E-state index in [1.807, 2.05) is 26.0 Å². The van der Waals surface area contributed by atoms with Gasteiger partial charge in [-0.1, -0.05) is 18.3 Å². The third kappa shape index (κ3) is 2.42. The van der Waals surface area contributed by atoms with Gasteiger partial charge in [-0.2, -0.15) is 0 Å². The van der Waals surface area contributed by atoms with Crippen molar-refractivity contribution in [2.75, 3.05) is 5.73 Å². The quantitative estimate of drug-likeness (QED) is 0.556. The fraction of sp³-hybridized carbons (Fsp3) is 0.300. The van der Waals surface area contributed by atoms with Crippen LogP contribution in [-0.4, -0.2) is 4.99 Å². The molecule has 13 heavy (non-hydrogen) atoms. The molecule has 3 heteroatoms. The topological polar surface area (TPSA) is 52.0 Å². The van der Waals surface area contributed by atoms with E-state index >= 15 is 0 Å². The molecule has 1 rings (SSSR count). The molecule has 70 valence electrons. The Kier molecular flexibility index (Phi) is 2.88. The molecule has 0 aliphatic rings. The highest BCUT2D eigenvalue weighted by Crippen LogP contribution is 2.17. The molecule has 0 aromatic heterocycles.